The predicted molar refractivity (Wildman–Crippen MR) is 120 cm³/mol. The number of nitrogens with zero attached hydrogens (tertiary/aromatic N) is 3. The predicted octanol–water partition coefficient (Wildman–Crippen LogP) is 4.36. The molecule has 0 radical (unpaired) electrons. The summed E-state index contributed by atoms with van der Waals surface area (Å²) in [6.45, 7) is 0.250. The minimum atomic E-state index is -3.92. The lowest BCUT2D eigenvalue weighted by Crippen LogP contribution is -2.49. The Morgan fingerprint density at radius 1 is 1.10 bits per heavy atom. The Balaban J connectivity index is 1.60. The number of benzene rings is 2. The van der Waals surface area contributed by atoms with E-state index < -0.39 is 22.0 Å². The topological polar surface area (TPSA) is 84.3 Å². The highest BCUT2D eigenvalue weighted by Crippen LogP contribution is 2.29. The van der Waals surface area contributed by atoms with Gasteiger partial charge in [-0.1, -0.05) is 47.8 Å². The lowest BCUT2D eigenvalue weighted by molar-refractivity contribution is -0.120. The highest BCUT2D eigenvalue weighted by atomic mass is 35.5. The van der Waals surface area contributed by atoms with Crippen molar-refractivity contribution in [2.24, 2.45) is 0 Å². The van der Waals surface area contributed by atoms with Gasteiger partial charge in [-0.3, -0.25) is 4.79 Å². The molecule has 1 fully saturated rings. The molecule has 1 unspecified atom stereocenters. The van der Waals surface area contributed by atoms with Crippen LogP contribution in [-0.2, 0) is 14.8 Å². The molecule has 162 valence electrons. The number of amides is 1. The van der Waals surface area contributed by atoms with E-state index in [0.717, 1.165) is 12.1 Å². The Hall–Kier alpha value is -2.39. The SMILES string of the molecule is O=C(Nc1cc(Cl)ccc1Cl)C1CCCCN1S(=O)(=O)c1cnn(-c2ccccc2)c1. The number of piperidine rings is 1. The third kappa shape index (κ3) is 4.62. The Bertz CT molecular complexity index is 1200. The second-order valence-corrected chi connectivity index (χ2v) is 9.93. The molecule has 2 heterocycles. The molecule has 7 nitrogen and oxygen atoms in total. The summed E-state index contributed by atoms with van der Waals surface area (Å²) in [7, 11) is -3.92. The van der Waals surface area contributed by atoms with Gasteiger partial charge in [0.15, 0.2) is 0 Å². The Labute approximate surface area is 190 Å². The zero-order valence-corrected chi connectivity index (χ0v) is 18.7. The summed E-state index contributed by atoms with van der Waals surface area (Å²) in [5.74, 6) is -0.442. The van der Waals surface area contributed by atoms with Crippen LogP contribution in [0.4, 0.5) is 5.69 Å². The maximum Gasteiger partial charge on any atom is 0.246 e. The zero-order chi connectivity index (χ0) is 22.0. The summed E-state index contributed by atoms with van der Waals surface area (Å²) in [5.41, 5.74) is 1.09. The molecule has 1 aliphatic heterocycles. The molecule has 0 spiro atoms. The first kappa shape index (κ1) is 21.8. The van der Waals surface area contributed by atoms with Crippen LogP contribution in [0.5, 0.6) is 0 Å². The molecule has 1 amide bonds. The van der Waals surface area contributed by atoms with Gasteiger partial charge >= 0.3 is 0 Å². The van der Waals surface area contributed by atoms with Crippen LogP contribution >= 0.6 is 23.2 Å². The number of hydrogen-bond acceptors (Lipinski definition) is 4. The number of rotatable bonds is 5. The van der Waals surface area contributed by atoms with Crippen molar-refractivity contribution < 1.29 is 13.2 Å². The van der Waals surface area contributed by atoms with E-state index in [4.69, 9.17) is 23.2 Å². The van der Waals surface area contributed by atoms with Gasteiger partial charge in [0.2, 0.25) is 15.9 Å². The van der Waals surface area contributed by atoms with Crippen LogP contribution in [-0.4, -0.2) is 41.0 Å². The third-order valence-electron chi connectivity index (χ3n) is 5.13. The van der Waals surface area contributed by atoms with Crippen LogP contribution in [0.2, 0.25) is 10.0 Å². The van der Waals surface area contributed by atoms with Gasteiger partial charge in [-0.25, -0.2) is 13.1 Å². The molecule has 2 aromatic carbocycles. The summed E-state index contributed by atoms with van der Waals surface area (Å²) < 4.78 is 29.5. The van der Waals surface area contributed by atoms with Crippen LogP contribution in [0.25, 0.3) is 5.69 Å². The number of hydrogen-bond donors (Lipinski definition) is 1. The van der Waals surface area contributed by atoms with Crippen LogP contribution < -0.4 is 5.32 Å². The monoisotopic (exact) mass is 478 g/mol. The smallest absolute Gasteiger partial charge is 0.246 e. The maximum atomic E-state index is 13.4. The number of sulfonamides is 1. The number of nitrogens with one attached hydrogen (secondary N) is 1. The van der Waals surface area contributed by atoms with Gasteiger partial charge in [0.05, 0.1) is 28.8 Å². The fraction of sp³-hybridized carbons (Fsp3) is 0.238. The Morgan fingerprint density at radius 3 is 2.65 bits per heavy atom. The van der Waals surface area contributed by atoms with Crippen molar-refractivity contribution in [1.82, 2.24) is 14.1 Å². The largest absolute Gasteiger partial charge is 0.323 e. The van der Waals surface area contributed by atoms with Crippen LogP contribution in [0.15, 0.2) is 65.8 Å². The van der Waals surface area contributed by atoms with Crippen LogP contribution in [0.1, 0.15) is 19.3 Å². The molecular formula is C21H20Cl2N4O3S. The lowest BCUT2D eigenvalue weighted by atomic mass is 10.0. The number of halogens is 2. The van der Waals surface area contributed by atoms with E-state index in [9.17, 15) is 13.2 Å². The van der Waals surface area contributed by atoms with Gasteiger partial charge < -0.3 is 5.32 Å². The first-order valence-corrected chi connectivity index (χ1v) is 11.9. The van der Waals surface area contributed by atoms with Crippen molar-refractivity contribution in [2.75, 3.05) is 11.9 Å². The number of aromatic nitrogens is 2. The van der Waals surface area contributed by atoms with Crippen molar-refractivity contribution in [2.45, 2.75) is 30.2 Å². The van der Waals surface area contributed by atoms with Gasteiger partial charge in [-0.2, -0.15) is 9.40 Å². The van der Waals surface area contributed by atoms with Gasteiger partial charge in [0.25, 0.3) is 0 Å². The summed E-state index contributed by atoms with van der Waals surface area (Å²) in [4.78, 5) is 13.0. The molecule has 3 aromatic rings. The molecule has 31 heavy (non-hydrogen) atoms. The molecule has 1 atom stereocenters. The van der Waals surface area contributed by atoms with Gasteiger partial charge in [0, 0.05) is 11.6 Å². The van der Waals surface area contributed by atoms with Crippen molar-refractivity contribution in [3.05, 3.63) is 71.0 Å². The van der Waals surface area contributed by atoms with Gasteiger partial charge in [-0.05, 0) is 43.2 Å². The molecular weight excluding hydrogens is 459 g/mol. The summed E-state index contributed by atoms with van der Waals surface area (Å²) >= 11 is 12.1. The van der Waals surface area contributed by atoms with Crippen molar-refractivity contribution >= 4 is 44.8 Å². The Kier molecular flexibility index (Phi) is 6.34. The average Bonchev–Trinajstić information content (AvgIpc) is 3.28. The molecule has 0 bridgehead atoms. The number of para-hydroxylation sites is 1. The second kappa shape index (κ2) is 9.00. The van der Waals surface area contributed by atoms with E-state index in [-0.39, 0.29) is 11.4 Å². The molecule has 4 rings (SSSR count). The molecule has 10 heteroatoms. The standard InChI is InChI=1S/C21H20Cl2N4O3S/c22-15-9-10-18(23)19(12-15)25-21(28)20-8-4-5-11-27(20)31(29,30)17-13-24-26(14-17)16-6-2-1-3-7-16/h1-3,6-7,9-10,12-14,20H,4-5,8,11H2,(H,25,28). The molecule has 0 aliphatic carbocycles. The fourth-order valence-electron chi connectivity index (χ4n) is 3.56. The molecule has 1 N–H and O–H groups in total. The van der Waals surface area contributed by atoms with E-state index in [2.05, 4.69) is 10.4 Å². The second-order valence-electron chi connectivity index (χ2n) is 7.20. The molecule has 1 saturated heterocycles. The Morgan fingerprint density at radius 2 is 1.87 bits per heavy atom. The van der Waals surface area contributed by atoms with Crippen LogP contribution in [0, 0.1) is 0 Å². The van der Waals surface area contributed by atoms with Gasteiger partial charge in [-0.15, -0.1) is 0 Å². The van der Waals surface area contributed by atoms with Crippen molar-refractivity contribution in [1.29, 1.82) is 0 Å². The minimum absolute atomic E-state index is 0.0387. The zero-order valence-electron chi connectivity index (χ0n) is 16.4. The highest BCUT2D eigenvalue weighted by molar-refractivity contribution is 7.89. The van der Waals surface area contributed by atoms with E-state index in [0.29, 0.717) is 28.6 Å². The van der Waals surface area contributed by atoms with Crippen LogP contribution in [0.3, 0.4) is 0 Å². The van der Waals surface area contributed by atoms with Crippen molar-refractivity contribution in [3.8, 4) is 5.69 Å². The first-order valence-electron chi connectivity index (χ1n) is 9.74. The first-order chi connectivity index (χ1) is 14.9. The highest BCUT2D eigenvalue weighted by Gasteiger charge is 2.38. The average molecular weight is 479 g/mol. The minimum Gasteiger partial charge on any atom is -0.323 e. The summed E-state index contributed by atoms with van der Waals surface area (Å²) in [6.07, 6.45) is 4.60. The van der Waals surface area contributed by atoms with Gasteiger partial charge in [0.1, 0.15) is 10.9 Å². The third-order valence-corrected chi connectivity index (χ3v) is 7.55. The number of anilines is 1. The summed E-state index contributed by atoms with van der Waals surface area (Å²) in [6, 6.07) is 13.1. The van der Waals surface area contributed by atoms with Crippen molar-refractivity contribution in [3.63, 3.8) is 0 Å². The number of carbonyl (C=O) groups excluding carboxylic acids is 1. The number of carbonyl (C=O) groups is 1. The van der Waals surface area contributed by atoms with E-state index in [1.807, 2.05) is 30.3 Å². The quantitative estimate of drug-likeness (QED) is 0.590. The van der Waals surface area contributed by atoms with E-state index >= 15 is 0 Å². The lowest BCUT2D eigenvalue weighted by Gasteiger charge is -2.33. The fourth-order valence-corrected chi connectivity index (χ4v) is 5.49. The van der Waals surface area contributed by atoms with E-state index in [1.54, 1.807) is 12.1 Å². The maximum absolute atomic E-state index is 13.4. The summed E-state index contributed by atoms with van der Waals surface area (Å²) in [5, 5.41) is 7.65. The molecule has 1 aromatic heterocycles. The molecule has 0 saturated carbocycles. The normalized spacial score (nSPS) is 17.4. The molecule has 1 aliphatic rings. The van der Waals surface area contributed by atoms with E-state index in [1.165, 1.54) is 27.4 Å².